The van der Waals surface area contributed by atoms with E-state index in [2.05, 4.69) is 36.4 Å². The molecule has 2 N–H and O–H groups in total. The average Bonchev–Trinajstić information content (AvgIpc) is 2.92. The molecule has 0 bridgehead atoms. The van der Waals surface area contributed by atoms with Crippen LogP contribution in [0.15, 0.2) is 17.5 Å². The van der Waals surface area contributed by atoms with E-state index in [-0.39, 0.29) is 0 Å². The summed E-state index contributed by atoms with van der Waals surface area (Å²) < 4.78 is 0. The lowest BCUT2D eigenvalue weighted by Gasteiger charge is -2.41. The van der Waals surface area contributed by atoms with Gasteiger partial charge in [0.15, 0.2) is 0 Å². The van der Waals surface area contributed by atoms with Crippen molar-refractivity contribution in [2.24, 2.45) is 17.6 Å². The first kappa shape index (κ1) is 15.0. The topological polar surface area (TPSA) is 29.3 Å². The number of thiophene rings is 1. The molecule has 2 rings (SSSR count). The molecule has 1 aromatic heterocycles. The third kappa shape index (κ3) is 4.04. The van der Waals surface area contributed by atoms with Crippen LogP contribution in [0.25, 0.3) is 0 Å². The molecule has 0 saturated heterocycles. The van der Waals surface area contributed by atoms with Gasteiger partial charge in [-0.15, -0.1) is 11.3 Å². The summed E-state index contributed by atoms with van der Waals surface area (Å²) >= 11 is 1.86. The van der Waals surface area contributed by atoms with Crippen LogP contribution < -0.4 is 5.73 Å². The molecule has 1 aliphatic rings. The van der Waals surface area contributed by atoms with Gasteiger partial charge in [-0.25, -0.2) is 0 Å². The van der Waals surface area contributed by atoms with Crippen LogP contribution in [0, 0.1) is 11.8 Å². The minimum atomic E-state index is 0.678. The summed E-state index contributed by atoms with van der Waals surface area (Å²) in [7, 11) is 2.28. The maximum atomic E-state index is 6.00. The average molecular weight is 280 g/mol. The van der Waals surface area contributed by atoms with Crippen LogP contribution in [0.2, 0.25) is 0 Å². The zero-order valence-corrected chi connectivity index (χ0v) is 13.2. The second kappa shape index (κ2) is 7.41. The lowest BCUT2D eigenvalue weighted by atomic mass is 9.76. The minimum Gasteiger partial charge on any atom is -0.330 e. The Kier molecular flexibility index (Phi) is 5.86. The van der Waals surface area contributed by atoms with E-state index in [1.54, 1.807) is 0 Å². The van der Waals surface area contributed by atoms with Gasteiger partial charge in [0.2, 0.25) is 0 Å². The van der Waals surface area contributed by atoms with Crippen molar-refractivity contribution in [1.29, 1.82) is 0 Å². The Labute approximate surface area is 122 Å². The molecule has 1 heterocycles. The van der Waals surface area contributed by atoms with Crippen molar-refractivity contribution < 1.29 is 0 Å². The van der Waals surface area contributed by atoms with Crippen LogP contribution >= 0.6 is 11.3 Å². The van der Waals surface area contributed by atoms with E-state index >= 15 is 0 Å². The van der Waals surface area contributed by atoms with Crippen LogP contribution in [0.1, 0.15) is 43.9 Å². The maximum absolute atomic E-state index is 6.00. The van der Waals surface area contributed by atoms with Gasteiger partial charge in [0, 0.05) is 17.5 Å². The standard InChI is InChI=1S/C16H28N2S/c1-3-5-13-7-8-14(11-17)16(10-13)18(2)12-15-6-4-9-19-15/h4,6,9,13-14,16H,3,5,7-8,10-12,17H2,1-2H3. The monoisotopic (exact) mass is 280 g/mol. The van der Waals surface area contributed by atoms with Crippen molar-refractivity contribution in [1.82, 2.24) is 4.90 Å². The van der Waals surface area contributed by atoms with E-state index in [4.69, 9.17) is 5.73 Å². The Hall–Kier alpha value is -0.380. The Morgan fingerprint density at radius 2 is 2.26 bits per heavy atom. The molecule has 1 aliphatic carbocycles. The van der Waals surface area contributed by atoms with Gasteiger partial charge in [0.1, 0.15) is 0 Å². The van der Waals surface area contributed by atoms with E-state index in [1.165, 1.54) is 37.0 Å². The fourth-order valence-corrected chi connectivity index (χ4v) is 4.31. The summed E-state index contributed by atoms with van der Waals surface area (Å²) in [6.45, 7) is 4.23. The Bertz CT molecular complexity index is 350. The zero-order valence-electron chi connectivity index (χ0n) is 12.3. The van der Waals surface area contributed by atoms with Crippen molar-refractivity contribution in [3.05, 3.63) is 22.4 Å². The molecule has 19 heavy (non-hydrogen) atoms. The van der Waals surface area contributed by atoms with Crippen molar-refractivity contribution in [2.45, 2.75) is 51.6 Å². The van der Waals surface area contributed by atoms with Crippen LogP contribution in [-0.4, -0.2) is 24.5 Å². The van der Waals surface area contributed by atoms with Crippen molar-refractivity contribution in [2.75, 3.05) is 13.6 Å². The number of rotatable bonds is 6. The maximum Gasteiger partial charge on any atom is 0.0327 e. The fraction of sp³-hybridized carbons (Fsp3) is 0.750. The van der Waals surface area contributed by atoms with Crippen LogP contribution in [0.5, 0.6) is 0 Å². The highest BCUT2D eigenvalue weighted by Gasteiger charge is 2.31. The molecule has 1 fully saturated rings. The van der Waals surface area contributed by atoms with Gasteiger partial charge < -0.3 is 5.73 Å². The molecular formula is C16H28N2S. The number of hydrogen-bond donors (Lipinski definition) is 1. The van der Waals surface area contributed by atoms with E-state index in [9.17, 15) is 0 Å². The molecule has 2 nitrogen and oxygen atoms in total. The predicted molar refractivity (Wildman–Crippen MR) is 84.4 cm³/mol. The molecule has 0 spiro atoms. The van der Waals surface area contributed by atoms with Crippen molar-refractivity contribution >= 4 is 11.3 Å². The molecule has 3 unspecified atom stereocenters. The molecule has 0 aromatic carbocycles. The number of nitrogens with two attached hydrogens (primary N) is 1. The van der Waals surface area contributed by atoms with E-state index in [0.29, 0.717) is 12.0 Å². The molecule has 1 aromatic rings. The van der Waals surface area contributed by atoms with Gasteiger partial charge >= 0.3 is 0 Å². The Balaban J connectivity index is 1.96. The summed E-state index contributed by atoms with van der Waals surface area (Å²) in [6.07, 6.45) is 6.76. The third-order valence-corrected chi connectivity index (χ3v) is 5.48. The molecule has 3 heteroatoms. The van der Waals surface area contributed by atoms with Gasteiger partial charge in [-0.2, -0.15) is 0 Å². The Morgan fingerprint density at radius 3 is 2.89 bits per heavy atom. The fourth-order valence-electron chi connectivity index (χ4n) is 3.54. The van der Waals surface area contributed by atoms with Crippen LogP contribution in [0.4, 0.5) is 0 Å². The Morgan fingerprint density at radius 1 is 1.42 bits per heavy atom. The summed E-state index contributed by atoms with van der Waals surface area (Å²) in [4.78, 5) is 4.02. The number of hydrogen-bond acceptors (Lipinski definition) is 3. The summed E-state index contributed by atoms with van der Waals surface area (Å²) in [5, 5.41) is 2.17. The molecule has 108 valence electrons. The normalized spacial score (nSPS) is 27.9. The molecule has 0 amide bonds. The van der Waals surface area contributed by atoms with Crippen LogP contribution in [0.3, 0.4) is 0 Å². The summed E-state index contributed by atoms with van der Waals surface area (Å²) in [6, 6.07) is 5.07. The molecular weight excluding hydrogens is 252 g/mol. The summed E-state index contributed by atoms with van der Waals surface area (Å²) in [5.41, 5.74) is 6.00. The van der Waals surface area contributed by atoms with Gasteiger partial charge in [-0.05, 0) is 49.7 Å². The molecule has 3 atom stereocenters. The van der Waals surface area contributed by atoms with E-state index in [1.807, 2.05) is 11.3 Å². The third-order valence-electron chi connectivity index (χ3n) is 4.62. The van der Waals surface area contributed by atoms with Crippen LogP contribution in [-0.2, 0) is 6.54 Å². The molecule has 0 aliphatic heterocycles. The first-order valence-corrected chi connectivity index (χ1v) is 8.55. The van der Waals surface area contributed by atoms with Crippen molar-refractivity contribution in [3.8, 4) is 0 Å². The van der Waals surface area contributed by atoms with Gasteiger partial charge in [-0.3, -0.25) is 4.90 Å². The largest absolute Gasteiger partial charge is 0.330 e. The zero-order chi connectivity index (χ0) is 13.7. The lowest BCUT2D eigenvalue weighted by Crippen LogP contribution is -2.44. The highest BCUT2D eigenvalue weighted by atomic mass is 32.1. The quantitative estimate of drug-likeness (QED) is 0.860. The van der Waals surface area contributed by atoms with Gasteiger partial charge in [0.25, 0.3) is 0 Å². The van der Waals surface area contributed by atoms with Crippen molar-refractivity contribution in [3.63, 3.8) is 0 Å². The second-order valence-corrected chi connectivity index (χ2v) is 7.06. The SMILES string of the molecule is CCCC1CCC(CN)C(N(C)Cc2cccs2)C1. The summed E-state index contributed by atoms with van der Waals surface area (Å²) in [5.74, 6) is 1.61. The van der Waals surface area contributed by atoms with Gasteiger partial charge in [0.05, 0.1) is 0 Å². The van der Waals surface area contributed by atoms with Gasteiger partial charge in [-0.1, -0.05) is 32.3 Å². The smallest absolute Gasteiger partial charge is 0.0327 e. The first-order chi connectivity index (χ1) is 9.24. The highest BCUT2D eigenvalue weighted by molar-refractivity contribution is 7.09. The second-order valence-electron chi connectivity index (χ2n) is 6.03. The van der Waals surface area contributed by atoms with E-state index in [0.717, 1.165) is 19.0 Å². The van der Waals surface area contributed by atoms with E-state index < -0.39 is 0 Å². The molecule has 0 radical (unpaired) electrons. The minimum absolute atomic E-state index is 0.678. The predicted octanol–water partition coefficient (Wildman–Crippen LogP) is 3.72. The lowest BCUT2D eigenvalue weighted by molar-refractivity contribution is 0.0954. The number of nitrogens with zero attached hydrogens (tertiary/aromatic N) is 1. The first-order valence-electron chi connectivity index (χ1n) is 7.67. The molecule has 1 saturated carbocycles. The highest BCUT2D eigenvalue weighted by Crippen LogP contribution is 2.34.